The van der Waals surface area contributed by atoms with Gasteiger partial charge in [-0.25, -0.2) is 4.98 Å². The van der Waals surface area contributed by atoms with Gasteiger partial charge < -0.3 is 34.5 Å². The van der Waals surface area contributed by atoms with Crippen molar-refractivity contribution in [1.82, 2.24) is 20.5 Å². The number of esters is 1. The van der Waals surface area contributed by atoms with Crippen LogP contribution < -0.4 is 24.8 Å². The molecule has 262 valence electrons. The average molecular weight is 667 g/mol. The van der Waals surface area contributed by atoms with E-state index in [2.05, 4.69) is 29.5 Å². The topological polar surface area (TPSA) is 145 Å². The third-order valence-electron chi connectivity index (χ3n) is 8.92. The quantitative estimate of drug-likeness (QED) is 0.319. The standard InChI is InChI=1S/C36H50N4O8/c1-6-47-35(44)36(15-14-24(2)3)21-25-12-13-29(30(19-25)45-4)48-22-32(42)37-16-18-40(17-8-11-31(41)38-23-36)34(43)27-20-26-9-7-10-28(26)39-33(27)46-5/h12-13,19-20,24H,6-11,14-18,21-23H2,1-5H3,(H,37,42)(H,38,41). The number of aryl methyl sites for hydroxylation is 2. The number of carbonyl (C=O) groups excluding carboxylic acids is 4. The zero-order valence-corrected chi connectivity index (χ0v) is 28.9. The number of methoxy groups -OCH3 is 2. The van der Waals surface area contributed by atoms with Gasteiger partial charge in [-0.05, 0) is 87.1 Å². The first-order valence-electron chi connectivity index (χ1n) is 17.0. The molecule has 0 saturated heterocycles. The molecule has 1 aliphatic carbocycles. The SMILES string of the molecule is CCOC(=O)C1(CCC(C)C)CNC(=O)CCCN(C(=O)c2cc3c(nc2OC)CCC3)CCNC(=O)COc2ccc(cc2OC)C1. The first-order valence-corrected chi connectivity index (χ1v) is 17.0. The summed E-state index contributed by atoms with van der Waals surface area (Å²) in [4.78, 5) is 59.8. The smallest absolute Gasteiger partial charge is 0.314 e. The normalized spacial score (nSPS) is 19.2. The molecule has 2 N–H and O–H groups in total. The van der Waals surface area contributed by atoms with E-state index in [4.69, 9.17) is 18.9 Å². The Hall–Kier alpha value is -4.35. The number of rotatable bonds is 8. The van der Waals surface area contributed by atoms with Crippen LogP contribution in [0.3, 0.4) is 0 Å². The van der Waals surface area contributed by atoms with Gasteiger partial charge in [-0.1, -0.05) is 19.9 Å². The fourth-order valence-corrected chi connectivity index (χ4v) is 6.23. The maximum absolute atomic E-state index is 13.9. The van der Waals surface area contributed by atoms with Crippen LogP contribution in [0.2, 0.25) is 0 Å². The minimum atomic E-state index is -1.02. The minimum Gasteiger partial charge on any atom is -0.493 e. The molecule has 12 heteroatoms. The number of hydrogen-bond acceptors (Lipinski definition) is 9. The van der Waals surface area contributed by atoms with Crippen LogP contribution in [0.4, 0.5) is 0 Å². The number of hydrogen-bond donors (Lipinski definition) is 2. The van der Waals surface area contributed by atoms with E-state index in [-0.39, 0.29) is 75.4 Å². The molecule has 1 aromatic carbocycles. The van der Waals surface area contributed by atoms with Crippen molar-refractivity contribution >= 4 is 23.7 Å². The predicted molar refractivity (Wildman–Crippen MR) is 179 cm³/mol. The third-order valence-corrected chi connectivity index (χ3v) is 8.92. The number of ether oxygens (including phenoxy) is 4. The minimum absolute atomic E-state index is 0.0943. The van der Waals surface area contributed by atoms with Crippen LogP contribution in [0.5, 0.6) is 17.4 Å². The molecule has 2 bridgehead atoms. The van der Waals surface area contributed by atoms with Gasteiger partial charge in [0, 0.05) is 38.3 Å². The largest absolute Gasteiger partial charge is 0.493 e. The molecule has 0 spiro atoms. The van der Waals surface area contributed by atoms with Crippen molar-refractivity contribution < 1.29 is 38.1 Å². The lowest BCUT2D eigenvalue weighted by atomic mass is 9.76. The number of nitrogens with zero attached hydrogens (tertiary/aromatic N) is 2. The molecule has 2 aromatic rings. The predicted octanol–water partition coefficient (Wildman–Crippen LogP) is 3.66. The summed E-state index contributed by atoms with van der Waals surface area (Å²) in [7, 11) is 3.00. The molecule has 3 aliphatic rings. The second-order valence-electron chi connectivity index (χ2n) is 12.9. The fraction of sp³-hybridized carbons (Fsp3) is 0.583. The Balaban J connectivity index is 1.62. The molecular weight excluding hydrogens is 616 g/mol. The van der Waals surface area contributed by atoms with Gasteiger partial charge in [0.25, 0.3) is 11.8 Å². The van der Waals surface area contributed by atoms with Crippen molar-refractivity contribution in [2.45, 2.75) is 72.1 Å². The van der Waals surface area contributed by atoms with Gasteiger partial charge in [0.15, 0.2) is 18.1 Å². The third kappa shape index (κ3) is 9.38. The molecule has 5 rings (SSSR count). The molecule has 3 amide bonds. The van der Waals surface area contributed by atoms with Crippen LogP contribution in [0.1, 0.15) is 80.1 Å². The van der Waals surface area contributed by atoms with Crippen LogP contribution in [0.15, 0.2) is 24.3 Å². The number of aromatic nitrogens is 1. The Morgan fingerprint density at radius 3 is 2.56 bits per heavy atom. The van der Waals surface area contributed by atoms with Crippen LogP contribution in [0.25, 0.3) is 0 Å². The van der Waals surface area contributed by atoms with Crippen molar-refractivity contribution in [3.8, 4) is 17.4 Å². The molecule has 1 atom stereocenters. The van der Waals surface area contributed by atoms with E-state index in [1.807, 2.05) is 12.1 Å². The Labute approximate surface area is 283 Å². The first kappa shape index (κ1) is 36.5. The van der Waals surface area contributed by atoms with Gasteiger partial charge in [0.05, 0.1) is 26.2 Å². The number of pyridine rings is 1. The van der Waals surface area contributed by atoms with Crippen molar-refractivity contribution in [2.75, 3.05) is 53.6 Å². The molecule has 0 fully saturated rings. The number of amides is 3. The summed E-state index contributed by atoms with van der Waals surface area (Å²) in [5.41, 5.74) is 2.12. The summed E-state index contributed by atoms with van der Waals surface area (Å²) in [6, 6.07) is 7.19. The highest BCUT2D eigenvalue weighted by atomic mass is 16.5. The monoisotopic (exact) mass is 666 g/mol. The number of carbonyl (C=O) groups is 4. The van der Waals surface area contributed by atoms with Gasteiger partial charge in [-0.2, -0.15) is 0 Å². The summed E-state index contributed by atoms with van der Waals surface area (Å²) in [6.07, 6.45) is 4.72. The highest BCUT2D eigenvalue weighted by Gasteiger charge is 2.40. The highest BCUT2D eigenvalue weighted by Crippen LogP contribution is 2.36. The van der Waals surface area contributed by atoms with Gasteiger partial charge >= 0.3 is 5.97 Å². The Bertz CT molecular complexity index is 1460. The van der Waals surface area contributed by atoms with E-state index >= 15 is 0 Å². The van der Waals surface area contributed by atoms with Crippen molar-refractivity contribution in [1.29, 1.82) is 0 Å². The summed E-state index contributed by atoms with van der Waals surface area (Å²) < 4.78 is 22.5. The second-order valence-corrected chi connectivity index (χ2v) is 12.9. The maximum Gasteiger partial charge on any atom is 0.314 e. The average Bonchev–Trinajstić information content (AvgIpc) is 3.54. The summed E-state index contributed by atoms with van der Waals surface area (Å²) in [5.74, 6) is 0.123. The summed E-state index contributed by atoms with van der Waals surface area (Å²) in [6.45, 7) is 6.63. The molecule has 2 aliphatic heterocycles. The first-order chi connectivity index (χ1) is 23.1. The number of nitrogens with one attached hydrogen (secondary N) is 2. The zero-order valence-electron chi connectivity index (χ0n) is 28.9. The molecular formula is C36H50N4O8. The van der Waals surface area contributed by atoms with Gasteiger partial charge in [0.1, 0.15) is 5.56 Å². The molecule has 1 aromatic heterocycles. The summed E-state index contributed by atoms with van der Waals surface area (Å²) >= 11 is 0. The van der Waals surface area contributed by atoms with Crippen LogP contribution in [-0.2, 0) is 38.4 Å². The highest BCUT2D eigenvalue weighted by molar-refractivity contribution is 5.96. The van der Waals surface area contributed by atoms with Crippen molar-refractivity contribution in [3.63, 3.8) is 0 Å². The Kier molecular flexibility index (Phi) is 13.0. The van der Waals surface area contributed by atoms with Gasteiger partial charge in [0.2, 0.25) is 11.8 Å². The van der Waals surface area contributed by atoms with E-state index in [1.54, 1.807) is 24.0 Å². The van der Waals surface area contributed by atoms with Gasteiger partial charge in [-0.15, -0.1) is 0 Å². The van der Waals surface area contributed by atoms with Crippen molar-refractivity contribution in [3.05, 3.63) is 46.6 Å². The van der Waals surface area contributed by atoms with E-state index in [1.165, 1.54) is 14.2 Å². The zero-order chi connectivity index (χ0) is 34.7. The second kappa shape index (κ2) is 17.2. The Morgan fingerprint density at radius 2 is 1.83 bits per heavy atom. The summed E-state index contributed by atoms with van der Waals surface area (Å²) in [5, 5.41) is 5.83. The van der Waals surface area contributed by atoms with E-state index in [9.17, 15) is 19.2 Å². The lowest BCUT2D eigenvalue weighted by Crippen LogP contribution is -2.46. The van der Waals surface area contributed by atoms with Crippen LogP contribution in [0, 0.1) is 11.3 Å². The lowest BCUT2D eigenvalue weighted by molar-refractivity contribution is -0.156. The van der Waals surface area contributed by atoms with Gasteiger partial charge in [-0.3, -0.25) is 19.2 Å². The fourth-order valence-electron chi connectivity index (χ4n) is 6.23. The Morgan fingerprint density at radius 1 is 1.02 bits per heavy atom. The molecule has 12 nitrogen and oxygen atoms in total. The molecule has 0 saturated carbocycles. The lowest BCUT2D eigenvalue weighted by Gasteiger charge is -2.33. The van der Waals surface area contributed by atoms with E-state index < -0.39 is 5.41 Å². The number of fused-ring (bicyclic) bond motifs is 17. The molecule has 3 heterocycles. The molecule has 0 radical (unpaired) electrons. The van der Waals surface area contributed by atoms with Crippen molar-refractivity contribution in [2.24, 2.45) is 11.3 Å². The molecule has 48 heavy (non-hydrogen) atoms. The van der Waals surface area contributed by atoms with E-state index in [0.717, 1.165) is 42.5 Å². The van der Waals surface area contributed by atoms with Crippen LogP contribution in [-0.4, -0.2) is 87.2 Å². The maximum atomic E-state index is 13.9. The van der Waals surface area contributed by atoms with Crippen LogP contribution >= 0.6 is 0 Å². The number of benzene rings is 1. The molecule has 1 unspecified atom stereocenters. The van der Waals surface area contributed by atoms with E-state index in [0.29, 0.717) is 42.2 Å².